The number of aromatic nitrogens is 2. The van der Waals surface area contributed by atoms with Crippen molar-refractivity contribution in [3.8, 4) is 6.07 Å². The first-order valence-electron chi connectivity index (χ1n) is 5.49. The molecule has 0 atom stereocenters. The summed E-state index contributed by atoms with van der Waals surface area (Å²) in [6.45, 7) is 1.77. The number of aryl methyl sites for hydroxylation is 1. The molecule has 3 nitrogen and oxygen atoms in total. The standard InChI is InChI=1S/C13H8F3N3S/c1-8-4-5-18-12(19-8)20-10-3-2-9(7-17)11(6-10)13(14,15)16/h2-6H,1H3. The summed E-state index contributed by atoms with van der Waals surface area (Å²) in [6, 6.07) is 6.78. The number of halogens is 3. The highest BCUT2D eigenvalue weighted by Crippen LogP contribution is 2.35. The lowest BCUT2D eigenvalue weighted by molar-refractivity contribution is -0.137. The molecule has 0 aliphatic rings. The van der Waals surface area contributed by atoms with Gasteiger partial charge >= 0.3 is 6.18 Å². The second-order valence-electron chi connectivity index (χ2n) is 3.90. The van der Waals surface area contributed by atoms with Crippen molar-refractivity contribution < 1.29 is 13.2 Å². The molecule has 0 aliphatic carbocycles. The van der Waals surface area contributed by atoms with Crippen LogP contribution >= 0.6 is 11.8 Å². The van der Waals surface area contributed by atoms with Gasteiger partial charge in [-0.05, 0) is 43.0 Å². The third-order valence-electron chi connectivity index (χ3n) is 2.40. The lowest BCUT2D eigenvalue weighted by Gasteiger charge is -2.10. The summed E-state index contributed by atoms with van der Waals surface area (Å²) in [5, 5.41) is 9.08. The Morgan fingerprint density at radius 2 is 2.00 bits per heavy atom. The summed E-state index contributed by atoms with van der Waals surface area (Å²) < 4.78 is 38.5. The van der Waals surface area contributed by atoms with Gasteiger partial charge in [-0.15, -0.1) is 0 Å². The van der Waals surface area contributed by atoms with Gasteiger partial charge in [0, 0.05) is 16.8 Å². The molecule has 20 heavy (non-hydrogen) atoms. The predicted molar refractivity (Wildman–Crippen MR) is 67.1 cm³/mol. The van der Waals surface area contributed by atoms with Crippen molar-refractivity contribution in [1.82, 2.24) is 9.97 Å². The minimum atomic E-state index is -4.56. The fourth-order valence-electron chi connectivity index (χ4n) is 1.50. The number of nitriles is 1. The van der Waals surface area contributed by atoms with Gasteiger partial charge < -0.3 is 0 Å². The van der Waals surface area contributed by atoms with Gasteiger partial charge in [0.25, 0.3) is 0 Å². The third-order valence-corrected chi connectivity index (χ3v) is 3.27. The molecule has 0 saturated heterocycles. The van der Waals surface area contributed by atoms with E-state index in [-0.39, 0.29) is 0 Å². The molecule has 0 saturated carbocycles. The number of rotatable bonds is 2. The van der Waals surface area contributed by atoms with Gasteiger partial charge in [0.15, 0.2) is 5.16 Å². The summed E-state index contributed by atoms with van der Waals surface area (Å²) in [5.41, 5.74) is -0.614. The minimum absolute atomic E-state index is 0.335. The van der Waals surface area contributed by atoms with E-state index in [0.717, 1.165) is 29.6 Å². The number of benzene rings is 1. The molecule has 1 heterocycles. The SMILES string of the molecule is Cc1ccnc(Sc2ccc(C#N)c(C(F)(F)F)c2)n1. The number of hydrogen-bond acceptors (Lipinski definition) is 4. The van der Waals surface area contributed by atoms with Gasteiger partial charge in [-0.25, -0.2) is 9.97 Å². The first-order chi connectivity index (χ1) is 9.40. The van der Waals surface area contributed by atoms with Crippen molar-refractivity contribution in [2.24, 2.45) is 0 Å². The summed E-state index contributed by atoms with van der Waals surface area (Å²) in [5.74, 6) is 0. The van der Waals surface area contributed by atoms with Crippen molar-refractivity contribution in [3.05, 3.63) is 47.3 Å². The van der Waals surface area contributed by atoms with Crippen molar-refractivity contribution >= 4 is 11.8 Å². The fraction of sp³-hybridized carbons (Fsp3) is 0.154. The zero-order valence-corrected chi connectivity index (χ0v) is 11.1. The van der Waals surface area contributed by atoms with Gasteiger partial charge in [0.05, 0.1) is 17.2 Å². The zero-order chi connectivity index (χ0) is 14.8. The predicted octanol–water partition coefficient (Wildman–Crippen LogP) is 3.83. The highest BCUT2D eigenvalue weighted by atomic mass is 32.2. The summed E-state index contributed by atoms with van der Waals surface area (Å²) in [4.78, 5) is 8.42. The van der Waals surface area contributed by atoms with Crippen molar-refractivity contribution in [1.29, 1.82) is 5.26 Å². The molecule has 0 spiro atoms. The molecule has 2 rings (SSSR count). The van der Waals surface area contributed by atoms with Gasteiger partial charge in [0.2, 0.25) is 0 Å². The quantitative estimate of drug-likeness (QED) is 0.790. The van der Waals surface area contributed by atoms with Gasteiger partial charge in [-0.2, -0.15) is 18.4 Å². The molecule has 0 aliphatic heterocycles. The number of alkyl halides is 3. The molecule has 102 valence electrons. The summed E-state index contributed by atoms with van der Waals surface area (Å²) >= 11 is 1.02. The largest absolute Gasteiger partial charge is 0.417 e. The summed E-state index contributed by atoms with van der Waals surface area (Å²) in [6.07, 6.45) is -3.02. The Hall–Kier alpha value is -2.07. The van der Waals surface area contributed by atoms with E-state index in [1.54, 1.807) is 25.3 Å². The van der Waals surface area contributed by atoms with Crippen LogP contribution in [0.3, 0.4) is 0 Å². The van der Waals surface area contributed by atoms with Crippen LogP contribution in [0.15, 0.2) is 40.5 Å². The van der Waals surface area contributed by atoms with E-state index in [2.05, 4.69) is 9.97 Å². The maximum atomic E-state index is 12.8. The van der Waals surface area contributed by atoms with Crippen LogP contribution in [-0.2, 0) is 6.18 Å². The molecule has 1 aromatic carbocycles. The Balaban J connectivity index is 2.37. The van der Waals surface area contributed by atoms with Crippen LogP contribution in [0.2, 0.25) is 0 Å². The first kappa shape index (κ1) is 14.3. The summed E-state index contributed by atoms with van der Waals surface area (Å²) in [7, 11) is 0. The zero-order valence-electron chi connectivity index (χ0n) is 10.3. The molecule has 2 aromatic rings. The molecule has 1 aromatic heterocycles. The van der Waals surface area contributed by atoms with Crippen LogP contribution in [0.1, 0.15) is 16.8 Å². The number of nitrogens with zero attached hydrogens (tertiary/aromatic N) is 3. The Bertz CT molecular complexity index is 677. The average molecular weight is 295 g/mol. The molecule has 0 unspecified atom stereocenters. The van der Waals surface area contributed by atoms with Crippen molar-refractivity contribution in [3.63, 3.8) is 0 Å². The van der Waals surface area contributed by atoms with Gasteiger partial charge in [-0.1, -0.05) is 0 Å². The van der Waals surface area contributed by atoms with E-state index in [4.69, 9.17) is 5.26 Å². The molecule has 0 radical (unpaired) electrons. The first-order valence-corrected chi connectivity index (χ1v) is 6.30. The number of hydrogen-bond donors (Lipinski definition) is 0. The fourth-order valence-corrected chi connectivity index (χ4v) is 2.33. The maximum Gasteiger partial charge on any atom is 0.417 e. The smallest absolute Gasteiger partial charge is 0.231 e. The maximum absolute atomic E-state index is 12.8. The van der Waals surface area contributed by atoms with Crippen molar-refractivity contribution in [2.75, 3.05) is 0 Å². The molecule has 7 heteroatoms. The van der Waals surface area contributed by atoms with Gasteiger partial charge in [0.1, 0.15) is 0 Å². The lowest BCUT2D eigenvalue weighted by atomic mass is 10.1. The Kier molecular flexibility index (Phi) is 3.95. The van der Waals surface area contributed by atoms with Gasteiger partial charge in [-0.3, -0.25) is 0 Å². The van der Waals surface area contributed by atoms with E-state index >= 15 is 0 Å². The molecule has 0 amide bonds. The van der Waals surface area contributed by atoms with Crippen molar-refractivity contribution in [2.45, 2.75) is 23.2 Å². The van der Waals surface area contributed by atoms with E-state index in [1.807, 2.05) is 0 Å². The monoisotopic (exact) mass is 295 g/mol. The Labute approximate surface area is 117 Å². The van der Waals surface area contributed by atoms with Crippen LogP contribution in [0, 0.1) is 18.3 Å². The molecule has 0 fully saturated rings. The van der Waals surface area contributed by atoms with Crippen LogP contribution in [-0.4, -0.2) is 9.97 Å². The lowest BCUT2D eigenvalue weighted by Crippen LogP contribution is -2.07. The average Bonchev–Trinajstić information content (AvgIpc) is 2.37. The van der Waals surface area contributed by atoms with Crippen LogP contribution < -0.4 is 0 Å². The van der Waals surface area contributed by atoms with Crippen LogP contribution in [0.4, 0.5) is 13.2 Å². The Morgan fingerprint density at radius 1 is 1.25 bits per heavy atom. The highest BCUT2D eigenvalue weighted by Gasteiger charge is 2.33. The molecular weight excluding hydrogens is 287 g/mol. The van der Waals surface area contributed by atoms with E-state index < -0.39 is 17.3 Å². The van der Waals surface area contributed by atoms with E-state index in [1.165, 1.54) is 6.07 Å². The second-order valence-corrected chi connectivity index (χ2v) is 4.94. The van der Waals surface area contributed by atoms with Crippen LogP contribution in [0.5, 0.6) is 0 Å². The molecule has 0 N–H and O–H groups in total. The normalized spacial score (nSPS) is 11.2. The topological polar surface area (TPSA) is 49.6 Å². The van der Waals surface area contributed by atoms with E-state index in [0.29, 0.717) is 10.1 Å². The molecule has 0 bridgehead atoms. The second kappa shape index (κ2) is 5.51. The highest BCUT2D eigenvalue weighted by molar-refractivity contribution is 7.99. The van der Waals surface area contributed by atoms with Crippen LogP contribution in [0.25, 0.3) is 0 Å². The minimum Gasteiger partial charge on any atom is -0.231 e. The molecular formula is C13H8F3N3S. The van der Waals surface area contributed by atoms with E-state index in [9.17, 15) is 13.2 Å². The third kappa shape index (κ3) is 3.27. The Morgan fingerprint density at radius 3 is 2.60 bits per heavy atom.